The number of hydrogen-bond donors (Lipinski definition) is 2. The third kappa shape index (κ3) is 2.98. The molecule has 0 aromatic carbocycles. The molecule has 5 nitrogen and oxygen atoms in total. The summed E-state index contributed by atoms with van der Waals surface area (Å²) in [5.74, 6) is -0.0286. The van der Waals surface area contributed by atoms with Gasteiger partial charge < -0.3 is 10.8 Å². The molecule has 19 heavy (non-hydrogen) atoms. The van der Waals surface area contributed by atoms with Crippen LogP contribution in [0.2, 0.25) is 0 Å². The summed E-state index contributed by atoms with van der Waals surface area (Å²) >= 11 is 0. The normalized spacial score (nSPS) is 31.1. The number of nitrogens with zero attached hydrogens (tertiary/aromatic N) is 2. The van der Waals surface area contributed by atoms with Gasteiger partial charge in [-0.3, -0.25) is 4.79 Å². The van der Waals surface area contributed by atoms with Gasteiger partial charge in [0.2, 0.25) is 0 Å². The second-order valence-electron chi connectivity index (χ2n) is 5.57. The molecule has 1 saturated carbocycles. The van der Waals surface area contributed by atoms with Crippen molar-refractivity contribution in [2.45, 2.75) is 64.0 Å². The first kappa shape index (κ1) is 14.5. The van der Waals surface area contributed by atoms with Gasteiger partial charge in [0, 0.05) is 0 Å². The molecule has 5 heteroatoms. The predicted molar refractivity (Wildman–Crippen MR) is 74.6 cm³/mol. The summed E-state index contributed by atoms with van der Waals surface area (Å²) in [5.41, 5.74) is 6.53. The molecule has 1 aliphatic heterocycles. The molecule has 3 N–H and O–H groups in total. The van der Waals surface area contributed by atoms with Gasteiger partial charge in [-0.2, -0.15) is 5.10 Å². The topological polar surface area (TPSA) is 78.9 Å². The molecule has 3 unspecified atom stereocenters. The quantitative estimate of drug-likeness (QED) is 0.760. The van der Waals surface area contributed by atoms with Crippen LogP contribution in [0.4, 0.5) is 0 Å². The van der Waals surface area contributed by atoms with Gasteiger partial charge >= 0.3 is 0 Å². The smallest absolute Gasteiger partial charge is 0.251 e. The Morgan fingerprint density at radius 1 is 1.47 bits per heavy atom. The lowest BCUT2D eigenvalue weighted by Gasteiger charge is -2.24. The Balaban J connectivity index is 2.10. The summed E-state index contributed by atoms with van der Waals surface area (Å²) in [7, 11) is 0. The Bertz CT molecular complexity index is 357. The van der Waals surface area contributed by atoms with E-state index in [1.54, 1.807) is 5.01 Å². The van der Waals surface area contributed by atoms with Crippen LogP contribution in [0.15, 0.2) is 5.10 Å². The Hall–Kier alpha value is -0.940. The van der Waals surface area contributed by atoms with E-state index < -0.39 is 6.10 Å². The van der Waals surface area contributed by atoms with Gasteiger partial charge in [0.15, 0.2) is 0 Å². The Labute approximate surface area is 114 Å². The van der Waals surface area contributed by atoms with Crippen LogP contribution in [0.3, 0.4) is 0 Å². The van der Waals surface area contributed by atoms with Crippen LogP contribution < -0.4 is 5.73 Å². The number of nitrogens with two attached hydrogens (primary N) is 1. The SMILES string of the molecule is CCCC1=NN(C2CCCC2O)C(=O)C1CCCN. The van der Waals surface area contributed by atoms with E-state index in [0.717, 1.165) is 50.7 Å². The van der Waals surface area contributed by atoms with Crippen molar-refractivity contribution in [1.29, 1.82) is 0 Å². The molecule has 2 rings (SSSR count). The minimum Gasteiger partial charge on any atom is -0.391 e. The van der Waals surface area contributed by atoms with Crippen molar-refractivity contribution >= 4 is 11.6 Å². The van der Waals surface area contributed by atoms with E-state index in [2.05, 4.69) is 12.0 Å². The molecule has 3 atom stereocenters. The molecule has 0 radical (unpaired) electrons. The first-order valence-corrected chi connectivity index (χ1v) is 7.47. The monoisotopic (exact) mass is 267 g/mol. The molecule has 1 amide bonds. The van der Waals surface area contributed by atoms with Gasteiger partial charge in [-0.1, -0.05) is 13.3 Å². The van der Waals surface area contributed by atoms with Crippen molar-refractivity contribution in [3.8, 4) is 0 Å². The molecular formula is C14H25N3O2. The van der Waals surface area contributed by atoms with E-state index >= 15 is 0 Å². The average molecular weight is 267 g/mol. The number of hydrazone groups is 1. The van der Waals surface area contributed by atoms with E-state index in [1.807, 2.05) is 0 Å². The third-order valence-corrected chi connectivity index (χ3v) is 4.12. The van der Waals surface area contributed by atoms with Gasteiger partial charge in [0.25, 0.3) is 5.91 Å². The van der Waals surface area contributed by atoms with E-state index in [1.165, 1.54) is 0 Å². The summed E-state index contributed by atoms with van der Waals surface area (Å²) in [6.07, 6.45) is 5.69. The lowest BCUT2D eigenvalue weighted by Crippen LogP contribution is -2.40. The summed E-state index contributed by atoms with van der Waals surface area (Å²) in [6.45, 7) is 2.70. The number of hydrogen-bond acceptors (Lipinski definition) is 4. The molecule has 0 bridgehead atoms. The van der Waals surface area contributed by atoms with Gasteiger partial charge in [-0.25, -0.2) is 5.01 Å². The molecular weight excluding hydrogens is 242 g/mol. The highest BCUT2D eigenvalue weighted by molar-refractivity contribution is 6.08. The maximum absolute atomic E-state index is 12.5. The highest BCUT2D eigenvalue weighted by Gasteiger charge is 2.42. The molecule has 0 saturated heterocycles. The van der Waals surface area contributed by atoms with Crippen LogP contribution in [0.1, 0.15) is 51.9 Å². The molecule has 108 valence electrons. The zero-order valence-electron chi connectivity index (χ0n) is 11.7. The number of carbonyl (C=O) groups excluding carboxylic acids is 1. The molecule has 1 fully saturated rings. The highest BCUT2D eigenvalue weighted by atomic mass is 16.3. The average Bonchev–Trinajstić information content (AvgIpc) is 2.93. The largest absolute Gasteiger partial charge is 0.391 e. The maximum atomic E-state index is 12.5. The second-order valence-corrected chi connectivity index (χ2v) is 5.57. The predicted octanol–water partition coefficient (Wildman–Crippen LogP) is 1.25. The lowest BCUT2D eigenvalue weighted by molar-refractivity contribution is -0.135. The Morgan fingerprint density at radius 2 is 2.26 bits per heavy atom. The summed E-state index contributed by atoms with van der Waals surface area (Å²) in [6, 6.07) is -0.109. The first-order chi connectivity index (χ1) is 9.19. The number of amides is 1. The fourth-order valence-corrected chi connectivity index (χ4v) is 3.10. The zero-order chi connectivity index (χ0) is 13.8. The third-order valence-electron chi connectivity index (χ3n) is 4.12. The highest BCUT2D eigenvalue weighted by Crippen LogP contribution is 2.31. The molecule has 1 heterocycles. The van der Waals surface area contributed by atoms with Crippen LogP contribution in [0, 0.1) is 5.92 Å². The van der Waals surface area contributed by atoms with Crippen LogP contribution in [0.25, 0.3) is 0 Å². The van der Waals surface area contributed by atoms with E-state index in [-0.39, 0.29) is 17.9 Å². The lowest BCUT2D eigenvalue weighted by atomic mass is 9.94. The van der Waals surface area contributed by atoms with E-state index in [0.29, 0.717) is 6.54 Å². The minimum atomic E-state index is -0.413. The molecule has 0 aromatic rings. The summed E-state index contributed by atoms with van der Waals surface area (Å²) in [4.78, 5) is 12.5. The number of rotatable bonds is 6. The number of carbonyl (C=O) groups is 1. The fourth-order valence-electron chi connectivity index (χ4n) is 3.10. The van der Waals surface area contributed by atoms with Crippen molar-refractivity contribution in [1.82, 2.24) is 5.01 Å². The van der Waals surface area contributed by atoms with E-state index in [9.17, 15) is 9.90 Å². The van der Waals surface area contributed by atoms with E-state index in [4.69, 9.17) is 5.73 Å². The fraction of sp³-hybridized carbons (Fsp3) is 0.857. The molecule has 0 spiro atoms. The van der Waals surface area contributed by atoms with Crippen LogP contribution in [-0.4, -0.2) is 40.4 Å². The zero-order valence-corrected chi connectivity index (χ0v) is 11.7. The molecule has 1 aliphatic carbocycles. The van der Waals surface area contributed by atoms with Gasteiger partial charge in [-0.15, -0.1) is 0 Å². The van der Waals surface area contributed by atoms with Crippen molar-refractivity contribution < 1.29 is 9.90 Å². The Morgan fingerprint density at radius 3 is 2.84 bits per heavy atom. The van der Waals surface area contributed by atoms with Crippen molar-refractivity contribution in [2.24, 2.45) is 16.8 Å². The molecule has 0 aromatic heterocycles. The van der Waals surface area contributed by atoms with Crippen molar-refractivity contribution in [3.05, 3.63) is 0 Å². The van der Waals surface area contributed by atoms with Gasteiger partial charge in [0.05, 0.1) is 23.8 Å². The maximum Gasteiger partial charge on any atom is 0.251 e. The molecule has 2 aliphatic rings. The number of aliphatic hydroxyl groups excluding tert-OH is 1. The van der Waals surface area contributed by atoms with Crippen molar-refractivity contribution in [3.63, 3.8) is 0 Å². The van der Waals surface area contributed by atoms with Gasteiger partial charge in [0.1, 0.15) is 0 Å². The van der Waals surface area contributed by atoms with Crippen LogP contribution >= 0.6 is 0 Å². The summed E-state index contributed by atoms with van der Waals surface area (Å²) in [5, 5.41) is 16.1. The van der Waals surface area contributed by atoms with Crippen LogP contribution in [-0.2, 0) is 4.79 Å². The second kappa shape index (κ2) is 6.48. The minimum absolute atomic E-state index is 0.0721. The standard InChI is InChI=1S/C14H25N3O2/c1-2-5-11-10(6-4-9-15)14(19)17(16-11)12-7-3-8-13(12)18/h10,12-13,18H,2-9,15H2,1H3. The Kier molecular flexibility index (Phi) is 4.93. The van der Waals surface area contributed by atoms with Gasteiger partial charge in [-0.05, 0) is 45.1 Å². The van der Waals surface area contributed by atoms with Crippen molar-refractivity contribution in [2.75, 3.05) is 6.54 Å². The summed E-state index contributed by atoms with van der Waals surface area (Å²) < 4.78 is 0. The first-order valence-electron chi connectivity index (χ1n) is 7.47. The number of aliphatic hydroxyl groups is 1. The van der Waals surface area contributed by atoms with Crippen LogP contribution in [0.5, 0.6) is 0 Å².